The number of hydrogen-bond donors (Lipinski definition) is 2. The second-order valence-corrected chi connectivity index (χ2v) is 5.54. The van der Waals surface area contributed by atoms with Gasteiger partial charge in [-0.25, -0.2) is 0 Å². The number of alkyl halides is 3. The number of halogens is 3. The number of amides is 1. The maximum atomic E-state index is 12.5. The third-order valence-electron chi connectivity index (χ3n) is 2.55. The molecule has 0 fully saturated rings. The molecule has 0 aliphatic heterocycles. The number of hydrogen-bond acceptors (Lipinski definition) is 3. The Morgan fingerprint density at radius 1 is 1.40 bits per heavy atom. The zero-order valence-electron chi connectivity index (χ0n) is 11.1. The van der Waals surface area contributed by atoms with E-state index in [-0.39, 0.29) is 17.3 Å². The lowest BCUT2D eigenvalue weighted by Gasteiger charge is -2.11. The SMILES string of the molecule is CCSCCCC(=O)Nc1ccc(C(F)(F)F)cc1N. The molecule has 0 radical (unpaired) electrons. The summed E-state index contributed by atoms with van der Waals surface area (Å²) in [6, 6.07) is 2.90. The zero-order valence-corrected chi connectivity index (χ0v) is 11.9. The van der Waals surface area contributed by atoms with E-state index in [0.717, 1.165) is 30.1 Å². The van der Waals surface area contributed by atoms with Gasteiger partial charge in [-0.05, 0) is 36.1 Å². The van der Waals surface area contributed by atoms with Gasteiger partial charge in [0.25, 0.3) is 0 Å². The molecule has 112 valence electrons. The number of nitrogens with one attached hydrogen (secondary N) is 1. The summed E-state index contributed by atoms with van der Waals surface area (Å²) in [7, 11) is 0. The van der Waals surface area contributed by atoms with Crippen LogP contribution in [0.3, 0.4) is 0 Å². The monoisotopic (exact) mass is 306 g/mol. The van der Waals surface area contributed by atoms with Gasteiger partial charge in [-0.2, -0.15) is 24.9 Å². The molecule has 3 N–H and O–H groups in total. The van der Waals surface area contributed by atoms with Crippen molar-refractivity contribution in [1.29, 1.82) is 0 Å². The highest BCUT2D eigenvalue weighted by Crippen LogP contribution is 2.32. The van der Waals surface area contributed by atoms with Crippen molar-refractivity contribution < 1.29 is 18.0 Å². The van der Waals surface area contributed by atoms with Gasteiger partial charge in [0.2, 0.25) is 5.91 Å². The van der Waals surface area contributed by atoms with Gasteiger partial charge < -0.3 is 11.1 Å². The third-order valence-corrected chi connectivity index (χ3v) is 3.54. The quantitative estimate of drug-likeness (QED) is 0.621. The summed E-state index contributed by atoms with van der Waals surface area (Å²) in [5.41, 5.74) is 4.82. The summed E-state index contributed by atoms with van der Waals surface area (Å²) in [5.74, 6) is 1.63. The summed E-state index contributed by atoms with van der Waals surface area (Å²) >= 11 is 1.73. The largest absolute Gasteiger partial charge is 0.416 e. The Kier molecular flexibility index (Phi) is 6.19. The molecule has 20 heavy (non-hydrogen) atoms. The fourth-order valence-corrected chi connectivity index (χ4v) is 2.18. The molecule has 0 unspecified atom stereocenters. The Balaban J connectivity index is 2.58. The van der Waals surface area contributed by atoms with Crippen LogP contribution in [0.15, 0.2) is 18.2 Å². The molecule has 0 spiro atoms. The van der Waals surface area contributed by atoms with Gasteiger partial charge in [0.15, 0.2) is 0 Å². The minimum absolute atomic E-state index is 0.0869. The highest BCUT2D eigenvalue weighted by molar-refractivity contribution is 7.99. The highest BCUT2D eigenvalue weighted by atomic mass is 32.2. The Labute approximate surface area is 120 Å². The van der Waals surface area contributed by atoms with E-state index in [9.17, 15) is 18.0 Å². The van der Waals surface area contributed by atoms with Crippen molar-refractivity contribution in [1.82, 2.24) is 0 Å². The van der Waals surface area contributed by atoms with Crippen LogP contribution in [0, 0.1) is 0 Å². The predicted octanol–water partition coefficient (Wildman–Crippen LogP) is 3.76. The minimum atomic E-state index is -4.44. The molecule has 1 aromatic rings. The van der Waals surface area contributed by atoms with E-state index in [1.807, 2.05) is 6.92 Å². The van der Waals surface area contributed by atoms with Crippen LogP contribution in [0.5, 0.6) is 0 Å². The van der Waals surface area contributed by atoms with E-state index < -0.39 is 11.7 Å². The lowest BCUT2D eigenvalue weighted by Crippen LogP contribution is -2.14. The molecule has 0 aromatic heterocycles. The normalized spacial score (nSPS) is 11.4. The molecule has 0 saturated heterocycles. The van der Waals surface area contributed by atoms with Crippen LogP contribution in [0.4, 0.5) is 24.5 Å². The summed E-state index contributed by atoms with van der Waals surface area (Å²) in [4.78, 5) is 11.6. The van der Waals surface area contributed by atoms with E-state index in [4.69, 9.17) is 5.73 Å². The summed E-state index contributed by atoms with van der Waals surface area (Å²) in [5, 5.41) is 2.53. The van der Waals surface area contributed by atoms with Gasteiger partial charge in [-0.1, -0.05) is 6.92 Å². The second kappa shape index (κ2) is 7.42. The topological polar surface area (TPSA) is 55.1 Å². The first-order valence-electron chi connectivity index (χ1n) is 6.19. The van der Waals surface area contributed by atoms with Gasteiger partial charge in [0.1, 0.15) is 0 Å². The summed E-state index contributed by atoms with van der Waals surface area (Å²) in [6.45, 7) is 2.04. The zero-order chi connectivity index (χ0) is 15.2. The van der Waals surface area contributed by atoms with Gasteiger partial charge in [-0.15, -0.1) is 0 Å². The molecule has 0 aliphatic rings. The number of nitrogen functional groups attached to an aromatic ring is 1. The molecular weight excluding hydrogens is 289 g/mol. The fraction of sp³-hybridized carbons (Fsp3) is 0.462. The molecule has 0 bridgehead atoms. The Morgan fingerprint density at radius 2 is 2.10 bits per heavy atom. The van der Waals surface area contributed by atoms with Crippen molar-refractivity contribution in [3.05, 3.63) is 23.8 Å². The standard InChI is InChI=1S/C13H17F3N2OS/c1-2-20-7-3-4-12(19)18-11-6-5-9(8-10(11)17)13(14,15)16/h5-6,8H,2-4,7,17H2,1H3,(H,18,19). The van der Waals surface area contributed by atoms with Crippen molar-refractivity contribution >= 4 is 29.0 Å². The summed E-state index contributed by atoms with van der Waals surface area (Å²) < 4.78 is 37.4. The second-order valence-electron chi connectivity index (χ2n) is 4.15. The number of anilines is 2. The van der Waals surface area contributed by atoms with Crippen LogP contribution in [0.1, 0.15) is 25.3 Å². The molecule has 0 heterocycles. The van der Waals surface area contributed by atoms with Gasteiger partial charge in [0, 0.05) is 6.42 Å². The number of benzene rings is 1. The number of carbonyl (C=O) groups is 1. The van der Waals surface area contributed by atoms with Crippen LogP contribution in [0.25, 0.3) is 0 Å². The molecule has 1 aromatic carbocycles. The Hall–Kier alpha value is -1.37. The van der Waals surface area contributed by atoms with E-state index in [1.165, 1.54) is 6.07 Å². The van der Waals surface area contributed by atoms with Crippen molar-refractivity contribution in [2.45, 2.75) is 25.9 Å². The first-order chi connectivity index (χ1) is 9.34. The molecule has 3 nitrogen and oxygen atoms in total. The van der Waals surface area contributed by atoms with Crippen molar-refractivity contribution in [2.24, 2.45) is 0 Å². The van der Waals surface area contributed by atoms with E-state index in [0.29, 0.717) is 6.42 Å². The van der Waals surface area contributed by atoms with Crippen molar-refractivity contribution in [2.75, 3.05) is 22.6 Å². The maximum Gasteiger partial charge on any atom is 0.416 e. The minimum Gasteiger partial charge on any atom is -0.397 e. The number of nitrogens with two attached hydrogens (primary N) is 1. The fourth-order valence-electron chi connectivity index (χ4n) is 1.54. The van der Waals surface area contributed by atoms with Gasteiger partial charge in [-0.3, -0.25) is 4.79 Å². The molecule has 0 saturated carbocycles. The molecule has 0 atom stereocenters. The van der Waals surface area contributed by atoms with Crippen LogP contribution >= 0.6 is 11.8 Å². The van der Waals surface area contributed by atoms with Crippen LogP contribution in [0.2, 0.25) is 0 Å². The third kappa shape index (κ3) is 5.32. The first kappa shape index (κ1) is 16.7. The van der Waals surface area contributed by atoms with Crippen molar-refractivity contribution in [3.8, 4) is 0 Å². The molecular formula is C13H17F3N2OS. The Morgan fingerprint density at radius 3 is 2.65 bits per heavy atom. The highest BCUT2D eigenvalue weighted by Gasteiger charge is 2.30. The molecule has 1 amide bonds. The lowest BCUT2D eigenvalue weighted by molar-refractivity contribution is -0.137. The van der Waals surface area contributed by atoms with E-state index in [2.05, 4.69) is 5.32 Å². The maximum absolute atomic E-state index is 12.5. The molecule has 1 rings (SSSR count). The van der Waals surface area contributed by atoms with Crippen LogP contribution in [-0.2, 0) is 11.0 Å². The first-order valence-corrected chi connectivity index (χ1v) is 7.34. The Bertz CT molecular complexity index is 463. The number of carbonyl (C=O) groups excluding carboxylic acids is 1. The predicted molar refractivity (Wildman–Crippen MR) is 76.7 cm³/mol. The molecule has 7 heteroatoms. The number of thioether (sulfide) groups is 1. The van der Waals surface area contributed by atoms with Gasteiger partial charge in [0.05, 0.1) is 16.9 Å². The average Bonchev–Trinajstić information content (AvgIpc) is 2.36. The van der Waals surface area contributed by atoms with Crippen LogP contribution in [-0.4, -0.2) is 17.4 Å². The van der Waals surface area contributed by atoms with Gasteiger partial charge >= 0.3 is 6.18 Å². The number of rotatable bonds is 6. The van der Waals surface area contributed by atoms with Crippen molar-refractivity contribution in [3.63, 3.8) is 0 Å². The molecule has 0 aliphatic carbocycles. The smallest absolute Gasteiger partial charge is 0.397 e. The summed E-state index contributed by atoms with van der Waals surface area (Å²) in [6.07, 6.45) is -3.38. The van der Waals surface area contributed by atoms with Crippen LogP contribution < -0.4 is 11.1 Å². The van der Waals surface area contributed by atoms with E-state index in [1.54, 1.807) is 11.8 Å². The lowest BCUT2D eigenvalue weighted by atomic mass is 10.1. The van der Waals surface area contributed by atoms with E-state index >= 15 is 0 Å². The average molecular weight is 306 g/mol.